The maximum atomic E-state index is 10.4. The van der Waals surface area contributed by atoms with Crippen LogP contribution in [0.25, 0.3) is 0 Å². The van der Waals surface area contributed by atoms with Crippen molar-refractivity contribution in [3.8, 4) is 0 Å². The minimum Gasteiger partial charge on any atom is -0.433 e. The first-order chi connectivity index (χ1) is 5.06. The summed E-state index contributed by atoms with van der Waals surface area (Å²) in [5.41, 5.74) is 0. The van der Waals surface area contributed by atoms with Gasteiger partial charge in [-0.25, -0.2) is 4.79 Å². The summed E-state index contributed by atoms with van der Waals surface area (Å²) in [7, 11) is 0. The summed E-state index contributed by atoms with van der Waals surface area (Å²) in [5.74, 6) is -0.696. The van der Waals surface area contributed by atoms with E-state index in [9.17, 15) is 4.79 Å². The molecule has 0 aromatic carbocycles. The second kappa shape index (κ2) is 4.87. The summed E-state index contributed by atoms with van der Waals surface area (Å²) in [4.78, 5) is 10.4. The second-order valence-electron chi connectivity index (χ2n) is 2.18. The summed E-state index contributed by atoms with van der Waals surface area (Å²) >= 11 is 0. The van der Waals surface area contributed by atoms with E-state index in [-0.39, 0.29) is 6.42 Å². The summed E-state index contributed by atoms with van der Waals surface area (Å²) in [5, 5.41) is 17.6. The topological polar surface area (TPSA) is 66.8 Å². The van der Waals surface area contributed by atoms with Crippen LogP contribution in [0, 0.1) is 0 Å². The lowest BCUT2D eigenvalue weighted by atomic mass is 10.3. The zero-order valence-corrected chi connectivity index (χ0v) is 6.36. The molecule has 4 heteroatoms. The van der Waals surface area contributed by atoms with E-state index in [2.05, 4.69) is 11.3 Å². The zero-order valence-electron chi connectivity index (χ0n) is 6.36. The van der Waals surface area contributed by atoms with Gasteiger partial charge >= 0.3 is 5.97 Å². The summed E-state index contributed by atoms with van der Waals surface area (Å²) in [6.45, 7) is 4.64. The highest BCUT2D eigenvalue weighted by Gasteiger charge is 2.10. The van der Waals surface area contributed by atoms with Gasteiger partial charge in [-0.3, -0.25) is 0 Å². The van der Waals surface area contributed by atoms with Gasteiger partial charge in [-0.05, 0) is 6.92 Å². The minimum absolute atomic E-state index is 0.0135. The molecule has 0 saturated carbocycles. The molecule has 0 aliphatic heterocycles. The lowest BCUT2D eigenvalue weighted by Crippen LogP contribution is -2.20. The first-order valence-electron chi connectivity index (χ1n) is 3.25. The molecule has 64 valence electrons. The first kappa shape index (κ1) is 10.1. The Morgan fingerprint density at radius 1 is 1.73 bits per heavy atom. The number of aliphatic hydroxyl groups excluding tert-OH is 2. The van der Waals surface area contributed by atoms with Crippen molar-refractivity contribution in [3.63, 3.8) is 0 Å². The molecule has 0 spiro atoms. The first-order valence-corrected chi connectivity index (χ1v) is 3.25. The van der Waals surface area contributed by atoms with E-state index in [1.807, 2.05) is 0 Å². The van der Waals surface area contributed by atoms with Gasteiger partial charge in [0.1, 0.15) is 0 Å². The highest BCUT2D eigenvalue weighted by molar-refractivity contribution is 5.81. The van der Waals surface area contributed by atoms with Crippen LogP contribution < -0.4 is 0 Å². The number of carbonyl (C=O) groups is 1. The van der Waals surface area contributed by atoms with Crippen LogP contribution >= 0.6 is 0 Å². The van der Waals surface area contributed by atoms with E-state index < -0.39 is 18.4 Å². The number of hydrogen-bond acceptors (Lipinski definition) is 4. The molecule has 11 heavy (non-hydrogen) atoms. The van der Waals surface area contributed by atoms with Gasteiger partial charge in [0.25, 0.3) is 0 Å². The number of rotatable bonds is 4. The maximum absolute atomic E-state index is 10.4. The summed E-state index contributed by atoms with van der Waals surface area (Å²) < 4.78 is 4.35. The normalized spacial score (nSPS) is 15.2. The lowest BCUT2D eigenvalue weighted by Gasteiger charge is -2.11. The van der Waals surface area contributed by atoms with Gasteiger partial charge in [0.2, 0.25) is 6.29 Å². The Labute approximate surface area is 65.1 Å². The molecule has 0 amide bonds. The number of hydrogen-bond donors (Lipinski definition) is 2. The predicted octanol–water partition coefficient (Wildman–Crippen LogP) is -0.195. The van der Waals surface area contributed by atoms with E-state index in [1.54, 1.807) is 0 Å². The fourth-order valence-corrected chi connectivity index (χ4v) is 0.522. The highest BCUT2D eigenvalue weighted by atomic mass is 16.6. The fourth-order valence-electron chi connectivity index (χ4n) is 0.522. The molecular formula is C7H12O4. The van der Waals surface area contributed by atoms with Crippen molar-refractivity contribution in [1.29, 1.82) is 0 Å². The van der Waals surface area contributed by atoms with Crippen molar-refractivity contribution < 1.29 is 19.7 Å². The second-order valence-corrected chi connectivity index (χ2v) is 2.18. The molecule has 0 radical (unpaired) electrons. The van der Waals surface area contributed by atoms with Crippen LogP contribution in [0.2, 0.25) is 0 Å². The van der Waals surface area contributed by atoms with Gasteiger partial charge < -0.3 is 14.9 Å². The van der Waals surface area contributed by atoms with Crippen LogP contribution in [0.15, 0.2) is 12.7 Å². The molecular weight excluding hydrogens is 148 g/mol. The van der Waals surface area contributed by atoms with Crippen LogP contribution in [0.5, 0.6) is 0 Å². The molecule has 0 rings (SSSR count). The van der Waals surface area contributed by atoms with Crippen molar-refractivity contribution in [3.05, 3.63) is 12.7 Å². The van der Waals surface area contributed by atoms with Crippen LogP contribution in [-0.4, -0.2) is 28.6 Å². The Morgan fingerprint density at radius 2 is 2.27 bits per heavy atom. The molecule has 2 N–H and O–H groups in total. The Morgan fingerprint density at radius 3 is 2.64 bits per heavy atom. The molecule has 0 fully saturated rings. The lowest BCUT2D eigenvalue weighted by molar-refractivity contribution is -0.165. The molecule has 0 aliphatic carbocycles. The molecule has 2 unspecified atom stereocenters. The van der Waals surface area contributed by atoms with E-state index in [4.69, 9.17) is 10.2 Å². The van der Waals surface area contributed by atoms with Crippen molar-refractivity contribution in [2.45, 2.75) is 25.7 Å². The Kier molecular flexibility index (Phi) is 4.49. The molecule has 2 atom stereocenters. The number of esters is 1. The van der Waals surface area contributed by atoms with Gasteiger partial charge in [0.15, 0.2) is 0 Å². The largest absolute Gasteiger partial charge is 0.433 e. The molecule has 4 nitrogen and oxygen atoms in total. The number of aliphatic hydroxyl groups is 2. The molecule has 0 heterocycles. The number of carbonyl (C=O) groups excluding carboxylic acids is 1. The highest BCUT2D eigenvalue weighted by Crippen LogP contribution is 1.99. The fraction of sp³-hybridized carbons (Fsp3) is 0.571. The molecule has 0 saturated heterocycles. The zero-order chi connectivity index (χ0) is 8.85. The SMILES string of the molecule is C=CC(=O)OC(O)CC(C)O. The quantitative estimate of drug-likeness (QED) is 0.339. The van der Waals surface area contributed by atoms with Crippen molar-refractivity contribution >= 4 is 5.97 Å². The van der Waals surface area contributed by atoms with Crippen LogP contribution in [0.4, 0.5) is 0 Å². The minimum atomic E-state index is -1.25. The summed E-state index contributed by atoms with van der Waals surface area (Å²) in [6.07, 6.45) is -0.978. The predicted molar refractivity (Wildman–Crippen MR) is 38.6 cm³/mol. The standard InChI is InChI=1S/C7H12O4/c1-3-6(9)11-7(10)4-5(2)8/h3,5,7-8,10H,1,4H2,2H3. The average molecular weight is 160 g/mol. The van der Waals surface area contributed by atoms with E-state index in [0.717, 1.165) is 6.08 Å². The third-order valence-corrected chi connectivity index (χ3v) is 0.962. The van der Waals surface area contributed by atoms with Gasteiger partial charge in [-0.2, -0.15) is 0 Å². The van der Waals surface area contributed by atoms with E-state index in [1.165, 1.54) is 6.92 Å². The van der Waals surface area contributed by atoms with E-state index >= 15 is 0 Å². The Bertz CT molecular complexity index is 141. The van der Waals surface area contributed by atoms with Crippen LogP contribution in [0.1, 0.15) is 13.3 Å². The maximum Gasteiger partial charge on any atom is 0.332 e. The monoisotopic (exact) mass is 160 g/mol. The van der Waals surface area contributed by atoms with Crippen molar-refractivity contribution in [2.75, 3.05) is 0 Å². The average Bonchev–Trinajstić information content (AvgIpc) is 1.85. The van der Waals surface area contributed by atoms with Crippen molar-refractivity contribution in [2.24, 2.45) is 0 Å². The van der Waals surface area contributed by atoms with Gasteiger partial charge in [0, 0.05) is 12.5 Å². The Hall–Kier alpha value is -0.870. The van der Waals surface area contributed by atoms with Crippen LogP contribution in [-0.2, 0) is 9.53 Å². The molecule has 0 aromatic heterocycles. The van der Waals surface area contributed by atoms with Gasteiger partial charge in [-0.1, -0.05) is 6.58 Å². The number of ether oxygens (including phenoxy) is 1. The van der Waals surface area contributed by atoms with Gasteiger partial charge in [0.05, 0.1) is 6.10 Å². The van der Waals surface area contributed by atoms with Crippen LogP contribution in [0.3, 0.4) is 0 Å². The molecule has 0 bridgehead atoms. The third kappa shape index (κ3) is 5.57. The Balaban J connectivity index is 3.59. The van der Waals surface area contributed by atoms with E-state index in [0.29, 0.717) is 0 Å². The third-order valence-electron chi connectivity index (χ3n) is 0.962. The summed E-state index contributed by atoms with van der Waals surface area (Å²) in [6, 6.07) is 0. The molecule has 0 aromatic rings. The van der Waals surface area contributed by atoms with Crippen molar-refractivity contribution in [1.82, 2.24) is 0 Å². The smallest absolute Gasteiger partial charge is 0.332 e. The van der Waals surface area contributed by atoms with Gasteiger partial charge in [-0.15, -0.1) is 0 Å². The molecule has 0 aliphatic rings.